The van der Waals surface area contributed by atoms with Crippen molar-refractivity contribution >= 4 is 45.5 Å². The third kappa shape index (κ3) is 4.71. The Hall–Kier alpha value is -3.70. The monoisotopic (exact) mass is 494 g/mol. The summed E-state index contributed by atoms with van der Waals surface area (Å²) in [6.07, 6.45) is 4.07. The quantitative estimate of drug-likeness (QED) is 0.342. The fourth-order valence-electron chi connectivity index (χ4n) is 5.07. The molecule has 2 aliphatic heterocycles. The summed E-state index contributed by atoms with van der Waals surface area (Å²) < 4.78 is 0. The van der Waals surface area contributed by atoms with E-state index in [4.69, 9.17) is 16.6 Å². The van der Waals surface area contributed by atoms with E-state index in [1.54, 1.807) is 6.07 Å². The Kier molecular flexibility index (Phi) is 6.16. The molecule has 5 nitrogen and oxygen atoms in total. The molecule has 0 unspecified atom stereocenters. The van der Waals surface area contributed by atoms with Crippen LogP contribution in [0.1, 0.15) is 40.0 Å². The predicted molar refractivity (Wildman–Crippen MR) is 147 cm³/mol. The summed E-state index contributed by atoms with van der Waals surface area (Å²) in [5, 5.41) is 4.72. The summed E-state index contributed by atoms with van der Waals surface area (Å²) in [7, 11) is 0. The van der Waals surface area contributed by atoms with E-state index in [-0.39, 0.29) is 5.91 Å². The van der Waals surface area contributed by atoms with Crippen molar-refractivity contribution in [1.82, 2.24) is 10.3 Å². The van der Waals surface area contributed by atoms with Crippen molar-refractivity contribution in [3.05, 3.63) is 100 Å². The van der Waals surface area contributed by atoms with Crippen molar-refractivity contribution in [3.8, 4) is 0 Å². The normalized spacial score (nSPS) is 14.7. The van der Waals surface area contributed by atoms with Crippen LogP contribution in [-0.4, -0.2) is 29.7 Å². The summed E-state index contributed by atoms with van der Waals surface area (Å²) >= 11 is 6.55. The summed E-state index contributed by atoms with van der Waals surface area (Å²) in [5.74, 6) is -0.193. The summed E-state index contributed by atoms with van der Waals surface area (Å²) in [6, 6.07) is 24.1. The molecular formula is C30H27ClN4O. The molecule has 3 aromatic carbocycles. The highest BCUT2D eigenvalue weighted by atomic mass is 35.5. The Balaban J connectivity index is 1.13. The number of rotatable bonds is 6. The van der Waals surface area contributed by atoms with Crippen LogP contribution in [-0.2, 0) is 19.4 Å². The second kappa shape index (κ2) is 9.75. The van der Waals surface area contributed by atoms with Crippen molar-refractivity contribution < 1.29 is 4.79 Å². The first kappa shape index (κ1) is 22.7. The van der Waals surface area contributed by atoms with E-state index in [9.17, 15) is 4.79 Å². The molecule has 1 fully saturated rings. The predicted octanol–water partition coefficient (Wildman–Crippen LogP) is 6.29. The van der Waals surface area contributed by atoms with E-state index in [1.165, 1.54) is 24.1 Å². The number of para-hydroxylation sites is 1. The fraction of sp³-hybridized carbons (Fsp3) is 0.233. The molecule has 0 spiro atoms. The molecule has 3 heterocycles. The van der Waals surface area contributed by atoms with E-state index < -0.39 is 0 Å². The van der Waals surface area contributed by atoms with Gasteiger partial charge in [-0.15, -0.1) is 0 Å². The number of fused-ring (bicyclic) bond motifs is 2. The minimum absolute atomic E-state index is 0.193. The van der Waals surface area contributed by atoms with Gasteiger partial charge in [-0.1, -0.05) is 54.1 Å². The van der Waals surface area contributed by atoms with Crippen molar-refractivity contribution in [2.75, 3.05) is 18.0 Å². The lowest BCUT2D eigenvalue weighted by Gasteiger charge is -2.17. The Labute approximate surface area is 215 Å². The lowest BCUT2D eigenvalue weighted by molar-refractivity contribution is 0.0946. The first-order valence-corrected chi connectivity index (χ1v) is 12.9. The highest BCUT2D eigenvalue weighted by Gasteiger charge is 2.19. The van der Waals surface area contributed by atoms with E-state index in [0.29, 0.717) is 18.7 Å². The highest BCUT2D eigenvalue weighted by molar-refractivity contribution is 6.31. The minimum Gasteiger partial charge on any atom is -0.371 e. The molecule has 4 aromatic rings. The second-order valence-corrected chi connectivity index (χ2v) is 9.94. The van der Waals surface area contributed by atoms with Gasteiger partial charge >= 0.3 is 0 Å². The molecule has 36 heavy (non-hydrogen) atoms. The number of anilines is 1. The number of carbonyl (C=O) groups excluding carboxylic acids is 1. The number of halogens is 1. The van der Waals surface area contributed by atoms with Gasteiger partial charge in [0, 0.05) is 54.3 Å². The molecule has 6 rings (SSSR count). The first-order chi connectivity index (χ1) is 17.6. The zero-order chi connectivity index (χ0) is 24.5. The number of aliphatic imine (C=N–C) groups is 1. The minimum atomic E-state index is -0.193. The maximum absolute atomic E-state index is 12.7. The van der Waals surface area contributed by atoms with Crippen LogP contribution in [0.5, 0.6) is 0 Å². The third-order valence-electron chi connectivity index (χ3n) is 7.00. The molecular weight excluding hydrogens is 468 g/mol. The molecule has 1 saturated heterocycles. The molecule has 1 aromatic heterocycles. The molecule has 2 aliphatic rings. The topological polar surface area (TPSA) is 57.6 Å². The summed E-state index contributed by atoms with van der Waals surface area (Å²) in [5.41, 5.74) is 7.99. The molecule has 1 N–H and O–H groups in total. The van der Waals surface area contributed by atoms with Gasteiger partial charge in [0.1, 0.15) is 5.69 Å². The van der Waals surface area contributed by atoms with Crippen LogP contribution in [0, 0.1) is 0 Å². The molecule has 0 aliphatic carbocycles. The molecule has 0 radical (unpaired) electrons. The molecule has 1 amide bonds. The molecule has 180 valence electrons. The number of carbonyl (C=O) groups is 1. The van der Waals surface area contributed by atoms with E-state index in [0.717, 1.165) is 58.0 Å². The van der Waals surface area contributed by atoms with E-state index in [2.05, 4.69) is 39.5 Å². The molecule has 0 bridgehead atoms. The van der Waals surface area contributed by atoms with E-state index in [1.807, 2.05) is 42.5 Å². The van der Waals surface area contributed by atoms with Gasteiger partial charge in [-0.3, -0.25) is 9.79 Å². The molecule has 6 heteroatoms. The lowest BCUT2D eigenvalue weighted by Crippen LogP contribution is -2.23. The maximum Gasteiger partial charge on any atom is 0.270 e. The fourth-order valence-corrected chi connectivity index (χ4v) is 5.25. The average molecular weight is 495 g/mol. The van der Waals surface area contributed by atoms with Gasteiger partial charge in [0.05, 0.1) is 11.2 Å². The summed E-state index contributed by atoms with van der Waals surface area (Å²) in [4.78, 5) is 24.6. The van der Waals surface area contributed by atoms with Crippen molar-refractivity contribution in [2.45, 2.75) is 32.2 Å². The number of pyridine rings is 1. The van der Waals surface area contributed by atoms with Crippen LogP contribution in [0.4, 0.5) is 11.4 Å². The highest BCUT2D eigenvalue weighted by Crippen LogP contribution is 2.33. The van der Waals surface area contributed by atoms with Crippen LogP contribution < -0.4 is 10.2 Å². The lowest BCUT2D eigenvalue weighted by atomic mass is 10.0. The van der Waals surface area contributed by atoms with Crippen molar-refractivity contribution in [2.24, 2.45) is 4.99 Å². The first-order valence-electron chi connectivity index (χ1n) is 12.5. The number of hydrogen-bond donors (Lipinski definition) is 1. The van der Waals surface area contributed by atoms with Crippen LogP contribution in [0.3, 0.4) is 0 Å². The number of aromatic nitrogens is 1. The number of nitrogens with one attached hydrogen (secondary N) is 1. The Morgan fingerprint density at radius 1 is 0.972 bits per heavy atom. The Bertz CT molecular complexity index is 1490. The Morgan fingerprint density at radius 3 is 2.72 bits per heavy atom. The number of amides is 1. The number of hydrogen-bond acceptors (Lipinski definition) is 4. The smallest absolute Gasteiger partial charge is 0.270 e. The largest absolute Gasteiger partial charge is 0.371 e. The van der Waals surface area contributed by atoms with Crippen LogP contribution >= 0.6 is 11.6 Å². The van der Waals surface area contributed by atoms with Crippen molar-refractivity contribution in [1.29, 1.82) is 0 Å². The van der Waals surface area contributed by atoms with Gasteiger partial charge in [-0.2, -0.15) is 0 Å². The summed E-state index contributed by atoms with van der Waals surface area (Å²) in [6.45, 7) is 2.67. The SMILES string of the molecule is O=C(NCc1ccc(Cl)c(CC2=Nc3cc(N4CCCC4)ccc3C2)c1)c1ccc2ccccc2n1. The van der Waals surface area contributed by atoms with Crippen LogP contribution in [0.15, 0.2) is 77.8 Å². The number of benzene rings is 3. The third-order valence-corrected chi connectivity index (χ3v) is 7.37. The maximum atomic E-state index is 12.7. The van der Waals surface area contributed by atoms with Crippen molar-refractivity contribution in [3.63, 3.8) is 0 Å². The van der Waals surface area contributed by atoms with Crippen LogP contribution in [0.25, 0.3) is 10.9 Å². The van der Waals surface area contributed by atoms with Gasteiger partial charge in [-0.25, -0.2) is 4.98 Å². The zero-order valence-corrected chi connectivity index (χ0v) is 20.8. The molecule has 0 atom stereocenters. The van der Waals surface area contributed by atoms with Gasteiger partial charge in [0.2, 0.25) is 0 Å². The van der Waals surface area contributed by atoms with Gasteiger partial charge in [0.15, 0.2) is 0 Å². The molecule has 0 saturated carbocycles. The van der Waals surface area contributed by atoms with E-state index >= 15 is 0 Å². The van der Waals surface area contributed by atoms with Gasteiger partial charge in [-0.05, 0) is 59.9 Å². The second-order valence-electron chi connectivity index (χ2n) is 9.54. The zero-order valence-electron chi connectivity index (χ0n) is 20.0. The van der Waals surface area contributed by atoms with Crippen LogP contribution in [0.2, 0.25) is 5.02 Å². The average Bonchev–Trinajstić information content (AvgIpc) is 3.58. The number of nitrogens with zero attached hydrogens (tertiary/aromatic N) is 3. The Morgan fingerprint density at radius 2 is 1.83 bits per heavy atom. The van der Waals surface area contributed by atoms with Gasteiger partial charge < -0.3 is 10.2 Å². The van der Waals surface area contributed by atoms with Gasteiger partial charge in [0.25, 0.3) is 5.91 Å². The standard InChI is InChI=1S/C30H27ClN4O/c31-26-11-7-20(19-32-30(36)28-12-9-21-5-1-2-6-27(21)34-28)15-23(26)17-24-16-22-8-10-25(18-29(22)33-24)35-13-3-4-14-35/h1-2,5-12,15,18H,3-4,13-14,16-17,19H2,(H,32,36).